The van der Waals surface area contributed by atoms with Gasteiger partial charge >= 0.3 is 6.18 Å². The summed E-state index contributed by atoms with van der Waals surface area (Å²) in [6.45, 7) is 1.97. The van der Waals surface area contributed by atoms with Gasteiger partial charge < -0.3 is 10.3 Å². The molecule has 1 rings (SSSR count). The fourth-order valence-electron chi connectivity index (χ4n) is 1.32. The van der Waals surface area contributed by atoms with E-state index in [1.807, 2.05) is 6.92 Å². The van der Waals surface area contributed by atoms with Crippen molar-refractivity contribution in [2.75, 3.05) is 0 Å². The summed E-state index contributed by atoms with van der Waals surface area (Å²) in [5.41, 5.74) is 5.70. The Morgan fingerprint density at radius 3 is 2.69 bits per heavy atom. The summed E-state index contributed by atoms with van der Waals surface area (Å²) in [6.07, 6.45) is -3.48. The van der Waals surface area contributed by atoms with Crippen LogP contribution in [0.3, 0.4) is 0 Å². The molecule has 0 aromatic carbocycles. The van der Waals surface area contributed by atoms with Crippen molar-refractivity contribution < 1.29 is 17.7 Å². The van der Waals surface area contributed by atoms with Gasteiger partial charge in [0.05, 0.1) is 0 Å². The Morgan fingerprint density at radius 1 is 1.44 bits per heavy atom. The third kappa shape index (κ3) is 4.61. The molecule has 0 spiro atoms. The summed E-state index contributed by atoms with van der Waals surface area (Å²) < 4.78 is 40.6. The molecule has 0 amide bonds. The third-order valence-corrected chi connectivity index (χ3v) is 1.96. The summed E-state index contributed by atoms with van der Waals surface area (Å²) in [5, 5.41) is 3.25. The number of hydrogen-bond donors (Lipinski definition) is 1. The zero-order valence-corrected chi connectivity index (χ0v) is 8.92. The normalized spacial score (nSPS) is 14.1. The highest BCUT2D eigenvalue weighted by Gasteiger charge is 2.30. The van der Waals surface area contributed by atoms with E-state index >= 15 is 0 Å². The molecule has 0 radical (unpaired) electrons. The standard InChI is InChI=1S/C9H14F3N3O/c1-2-3-6(13)4-8-14-7(15-16-8)5-9(10,11)12/h6H,2-5,13H2,1H3. The Labute approximate surface area is 91.0 Å². The molecule has 1 heterocycles. The summed E-state index contributed by atoms with van der Waals surface area (Å²) in [4.78, 5) is 3.64. The second kappa shape index (κ2) is 5.29. The SMILES string of the molecule is CCCC(N)Cc1nc(CC(F)(F)F)no1. The van der Waals surface area contributed by atoms with Crippen molar-refractivity contribution in [2.45, 2.75) is 44.8 Å². The zero-order chi connectivity index (χ0) is 12.2. The van der Waals surface area contributed by atoms with Gasteiger partial charge in [-0.3, -0.25) is 0 Å². The van der Waals surface area contributed by atoms with Crippen molar-refractivity contribution >= 4 is 0 Å². The highest BCUT2D eigenvalue weighted by Crippen LogP contribution is 2.19. The molecular formula is C9H14F3N3O. The summed E-state index contributed by atoms with van der Waals surface area (Å²) in [6, 6.07) is -0.149. The summed E-state index contributed by atoms with van der Waals surface area (Å²) in [5.74, 6) is -0.175. The van der Waals surface area contributed by atoms with Crippen molar-refractivity contribution in [3.05, 3.63) is 11.7 Å². The number of alkyl halides is 3. The molecule has 7 heteroatoms. The van der Waals surface area contributed by atoms with E-state index in [1.54, 1.807) is 0 Å². The van der Waals surface area contributed by atoms with Crippen molar-refractivity contribution in [1.29, 1.82) is 0 Å². The Balaban J connectivity index is 2.51. The molecule has 16 heavy (non-hydrogen) atoms. The van der Waals surface area contributed by atoms with E-state index in [9.17, 15) is 13.2 Å². The van der Waals surface area contributed by atoms with Crippen LogP contribution in [0.1, 0.15) is 31.5 Å². The maximum absolute atomic E-state index is 12.0. The van der Waals surface area contributed by atoms with Crippen LogP contribution in [0.2, 0.25) is 0 Å². The zero-order valence-electron chi connectivity index (χ0n) is 8.92. The van der Waals surface area contributed by atoms with E-state index in [-0.39, 0.29) is 17.8 Å². The van der Waals surface area contributed by atoms with E-state index in [2.05, 4.69) is 14.7 Å². The van der Waals surface area contributed by atoms with Gasteiger partial charge in [0.15, 0.2) is 5.82 Å². The first-order chi connectivity index (χ1) is 7.40. The first kappa shape index (κ1) is 13.0. The van der Waals surface area contributed by atoms with Crippen LogP contribution in [0.25, 0.3) is 0 Å². The highest BCUT2D eigenvalue weighted by molar-refractivity contribution is 4.90. The maximum atomic E-state index is 12.0. The fourth-order valence-corrected chi connectivity index (χ4v) is 1.32. The van der Waals surface area contributed by atoms with Gasteiger partial charge in [-0.1, -0.05) is 18.5 Å². The number of nitrogens with zero attached hydrogens (tertiary/aromatic N) is 2. The maximum Gasteiger partial charge on any atom is 0.396 e. The second-order valence-corrected chi connectivity index (χ2v) is 3.65. The lowest BCUT2D eigenvalue weighted by atomic mass is 10.1. The van der Waals surface area contributed by atoms with Gasteiger partial charge in [-0.05, 0) is 6.42 Å². The van der Waals surface area contributed by atoms with Crippen LogP contribution >= 0.6 is 0 Å². The van der Waals surface area contributed by atoms with Gasteiger partial charge in [-0.25, -0.2) is 0 Å². The molecule has 0 aliphatic heterocycles. The van der Waals surface area contributed by atoms with Crippen molar-refractivity contribution in [3.63, 3.8) is 0 Å². The van der Waals surface area contributed by atoms with E-state index in [0.29, 0.717) is 6.42 Å². The van der Waals surface area contributed by atoms with Crippen LogP contribution < -0.4 is 5.73 Å². The van der Waals surface area contributed by atoms with E-state index in [4.69, 9.17) is 5.73 Å². The molecule has 0 saturated heterocycles. The molecule has 0 saturated carbocycles. The van der Waals surface area contributed by atoms with Crippen LogP contribution in [-0.2, 0) is 12.8 Å². The predicted molar refractivity (Wildman–Crippen MR) is 50.6 cm³/mol. The quantitative estimate of drug-likeness (QED) is 0.848. The number of halogens is 3. The van der Waals surface area contributed by atoms with E-state index in [0.717, 1.165) is 12.8 Å². The number of nitrogens with two attached hydrogens (primary N) is 1. The molecule has 1 unspecified atom stereocenters. The topological polar surface area (TPSA) is 64.9 Å². The van der Waals surface area contributed by atoms with Gasteiger partial charge in [-0.2, -0.15) is 18.2 Å². The van der Waals surface area contributed by atoms with Crippen molar-refractivity contribution in [1.82, 2.24) is 10.1 Å². The van der Waals surface area contributed by atoms with Gasteiger partial charge in [0.25, 0.3) is 0 Å². The molecule has 0 aliphatic rings. The Hall–Kier alpha value is -1.11. The molecule has 0 bridgehead atoms. The monoisotopic (exact) mass is 237 g/mol. The van der Waals surface area contributed by atoms with E-state index in [1.165, 1.54) is 0 Å². The smallest absolute Gasteiger partial charge is 0.339 e. The molecule has 0 fully saturated rings. The molecule has 1 aromatic rings. The highest BCUT2D eigenvalue weighted by atomic mass is 19.4. The predicted octanol–water partition coefficient (Wildman–Crippen LogP) is 1.84. The number of rotatable bonds is 5. The molecule has 0 aliphatic carbocycles. The minimum atomic E-state index is -4.31. The largest absolute Gasteiger partial charge is 0.396 e. The van der Waals surface area contributed by atoms with E-state index < -0.39 is 12.6 Å². The minimum absolute atomic E-state index is 0.149. The van der Waals surface area contributed by atoms with Gasteiger partial charge in [-0.15, -0.1) is 0 Å². The lowest BCUT2D eigenvalue weighted by Crippen LogP contribution is -2.22. The van der Waals surface area contributed by atoms with Crippen molar-refractivity contribution in [3.8, 4) is 0 Å². The van der Waals surface area contributed by atoms with Gasteiger partial charge in [0.2, 0.25) is 5.89 Å². The molecular weight excluding hydrogens is 223 g/mol. The molecule has 1 aromatic heterocycles. The molecule has 4 nitrogen and oxygen atoms in total. The number of aromatic nitrogens is 2. The summed E-state index contributed by atoms with van der Waals surface area (Å²) >= 11 is 0. The molecule has 92 valence electrons. The van der Waals surface area contributed by atoms with Crippen LogP contribution in [0.15, 0.2) is 4.52 Å². The molecule has 1 atom stereocenters. The van der Waals surface area contributed by atoms with Crippen LogP contribution in [0.5, 0.6) is 0 Å². The second-order valence-electron chi connectivity index (χ2n) is 3.65. The Morgan fingerprint density at radius 2 is 2.12 bits per heavy atom. The van der Waals surface area contributed by atoms with Crippen LogP contribution in [0.4, 0.5) is 13.2 Å². The minimum Gasteiger partial charge on any atom is -0.339 e. The lowest BCUT2D eigenvalue weighted by molar-refractivity contribution is -0.128. The fraction of sp³-hybridized carbons (Fsp3) is 0.778. The van der Waals surface area contributed by atoms with Gasteiger partial charge in [0, 0.05) is 12.5 Å². The summed E-state index contributed by atoms with van der Waals surface area (Å²) in [7, 11) is 0. The first-order valence-corrected chi connectivity index (χ1v) is 5.04. The molecule has 2 N–H and O–H groups in total. The van der Waals surface area contributed by atoms with Gasteiger partial charge in [0.1, 0.15) is 6.42 Å². The Bertz CT molecular complexity index is 324. The van der Waals surface area contributed by atoms with Crippen LogP contribution in [-0.4, -0.2) is 22.4 Å². The van der Waals surface area contributed by atoms with Crippen LogP contribution in [0, 0.1) is 0 Å². The lowest BCUT2D eigenvalue weighted by Gasteiger charge is -2.05. The third-order valence-electron chi connectivity index (χ3n) is 1.96. The number of hydrogen-bond acceptors (Lipinski definition) is 4. The average Bonchev–Trinajstić information content (AvgIpc) is 2.49. The first-order valence-electron chi connectivity index (χ1n) is 5.04. The average molecular weight is 237 g/mol. The van der Waals surface area contributed by atoms with Crippen molar-refractivity contribution in [2.24, 2.45) is 5.73 Å². The Kier molecular flexibility index (Phi) is 4.28.